The minimum Gasteiger partial charge on any atom is -0.459 e. The zero-order chi connectivity index (χ0) is 17.3. The first-order valence-electron chi connectivity index (χ1n) is 8.70. The first kappa shape index (κ1) is 15.9. The fraction of sp³-hybridized carbons (Fsp3) is 0.421. The molecule has 6 heteroatoms. The number of furan rings is 1. The van der Waals surface area contributed by atoms with Crippen LogP contribution in [-0.2, 0) is 0 Å². The molecular weight excluding hydrogens is 318 g/mol. The lowest BCUT2D eigenvalue weighted by molar-refractivity contribution is 0.0489. The van der Waals surface area contributed by atoms with E-state index in [-0.39, 0.29) is 17.2 Å². The average Bonchev–Trinajstić information content (AvgIpc) is 3.32. The van der Waals surface area contributed by atoms with Crippen LogP contribution in [0.15, 0.2) is 47.2 Å². The summed E-state index contributed by atoms with van der Waals surface area (Å²) >= 11 is 0. The van der Waals surface area contributed by atoms with Gasteiger partial charge in [0.15, 0.2) is 5.76 Å². The van der Waals surface area contributed by atoms with Gasteiger partial charge in [0.2, 0.25) is 0 Å². The number of carbonyl (C=O) groups excluding carboxylic acids is 2. The van der Waals surface area contributed by atoms with Crippen LogP contribution in [0.1, 0.15) is 40.3 Å². The van der Waals surface area contributed by atoms with Gasteiger partial charge in [-0.2, -0.15) is 0 Å². The van der Waals surface area contributed by atoms with Crippen LogP contribution in [0.5, 0.6) is 0 Å². The molecule has 2 aliphatic rings. The molecule has 2 aromatic rings. The van der Waals surface area contributed by atoms with Crippen molar-refractivity contribution in [1.82, 2.24) is 14.8 Å². The van der Waals surface area contributed by atoms with E-state index in [1.165, 1.54) is 6.26 Å². The maximum Gasteiger partial charge on any atom is 0.289 e. The lowest BCUT2D eigenvalue weighted by Crippen LogP contribution is -2.47. The standard InChI is InChI=1S/C19H21N3O3/c23-17(15-5-1-2-9-20-15)22-11-8-19(14-22)7-4-10-21(13-19)18(24)16-6-3-12-25-16/h1-3,5-6,9,12H,4,7-8,10-11,13-14H2. The van der Waals surface area contributed by atoms with Gasteiger partial charge in [0.25, 0.3) is 11.8 Å². The van der Waals surface area contributed by atoms with Crippen molar-refractivity contribution in [2.45, 2.75) is 19.3 Å². The molecule has 2 amide bonds. The van der Waals surface area contributed by atoms with Gasteiger partial charge in [0.1, 0.15) is 5.69 Å². The molecule has 4 rings (SSSR count). The Hall–Kier alpha value is -2.63. The van der Waals surface area contributed by atoms with Crippen LogP contribution in [0.2, 0.25) is 0 Å². The minimum atomic E-state index is -0.0569. The number of pyridine rings is 1. The van der Waals surface area contributed by atoms with Crippen molar-refractivity contribution in [2.75, 3.05) is 26.2 Å². The second-order valence-corrected chi connectivity index (χ2v) is 7.00. The summed E-state index contributed by atoms with van der Waals surface area (Å²) in [7, 11) is 0. The molecular formula is C19H21N3O3. The van der Waals surface area contributed by atoms with E-state index in [1.54, 1.807) is 24.4 Å². The number of aromatic nitrogens is 1. The van der Waals surface area contributed by atoms with E-state index >= 15 is 0 Å². The van der Waals surface area contributed by atoms with E-state index in [2.05, 4.69) is 4.98 Å². The molecule has 2 saturated heterocycles. The van der Waals surface area contributed by atoms with Gasteiger partial charge >= 0.3 is 0 Å². The molecule has 0 bridgehead atoms. The highest BCUT2D eigenvalue weighted by atomic mass is 16.3. The Morgan fingerprint density at radius 1 is 1.00 bits per heavy atom. The van der Waals surface area contributed by atoms with Crippen LogP contribution in [-0.4, -0.2) is 52.8 Å². The monoisotopic (exact) mass is 339 g/mol. The van der Waals surface area contributed by atoms with Gasteiger partial charge < -0.3 is 14.2 Å². The number of amides is 2. The third-order valence-electron chi connectivity index (χ3n) is 5.29. The van der Waals surface area contributed by atoms with Gasteiger partial charge in [-0.1, -0.05) is 6.07 Å². The normalized spacial score (nSPS) is 23.2. The van der Waals surface area contributed by atoms with Crippen molar-refractivity contribution >= 4 is 11.8 Å². The molecule has 0 N–H and O–H groups in total. The smallest absolute Gasteiger partial charge is 0.289 e. The van der Waals surface area contributed by atoms with E-state index in [4.69, 9.17) is 4.42 Å². The summed E-state index contributed by atoms with van der Waals surface area (Å²) in [5, 5.41) is 0. The third-order valence-corrected chi connectivity index (χ3v) is 5.29. The Bertz CT molecular complexity index is 759. The Labute approximate surface area is 146 Å². The maximum absolute atomic E-state index is 12.6. The van der Waals surface area contributed by atoms with Crippen molar-refractivity contribution in [3.63, 3.8) is 0 Å². The van der Waals surface area contributed by atoms with Gasteiger partial charge in [0.05, 0.1) is 6.26 Å². The number of nitrogens with zero attached hydrogens (tertiary/aromatic N) is 3. The summed E-state index contributed by atoms with van der Waals surface area (Å²) < 4.78 is 5.25. The topological polar surface area (TPSA) is 66.7 Å². The van der Waals surface area contributed by atoms with Gasteiger partial charge in [-0.25, -0.2) is 0 Å². The van der Waals surface area contributed by atoms with Crippen molar-refractivity contribution in [2.24, 2.45) is 5.41 Å². The second-order valence-electron chi connectivity index (χ2n) is 7.00. The molecule has 6 nitrogen and oxygen atoms in total. The zero-order valence-corrected chi connectivity index (χ0v) is 14.1. The summed E-state index contributed by atoms with van der Waals surface area (Å²) in [5.41, 5.74) is 0.476. The summed E-state index contributed by atoms with van der Waals surface area (Å²) in [6.45, 7) is 2.83. The molecule has 0 aromatic carbocycles. The Kier molecular flexibility index (Phi) is 4.03. The number of carbonyl (C=O) groups is 2. The summed E-state index contributed by atoms with van der Waals surface area (Å²) in [4.78, 5) is 33.1. The van der Waals surface area contributed by atoms with E-state index in [9.17, 15) is 9.59 Å². The van der Waals surface area contributed by atoms with Crippen molar-refractivity contribution in [3.8, 4) is 0 Å². The molecule has 2 fully saturated rings. The zero-order valence-electron chi connectivity index (χ0n) is 14.1. The highest BCUT2D eigenvalue weighted by Gasteiger charge is 2.44. The van der Waals surface area contributed by atoms with E-state index in [0.717, 1.165) is 32.4 Å². The fourth-order valence-corrected chi connectivity index (χ4v) is 4.03. The highest BCUT2D eigenvalue weighted by molar-refractivity contribution is 5.93. The lowest BCUT2D eigenvalue weighted by Gasteiger charge is -2.40. The Balaban J connectivity index is 1.46. The van der Waals surface area contributed by atoms with Crippen molar-refractivity contribution in [1.29, 1.82) is 0 Å². The van der Waals surface area contributed by atoms with Crippen LogP contribution < -0.4 is 0 Å². The maximum atomic E-state index is 12.6. The van der Waals surface area contributed by atoms with Crippen LogP contribution in [0.25, 0.3) is 0 Å². The van der Waals surface area contributed by atoms with E-state index in [1.807, 2.05) is 21.9 Å². The summed E-state index contributed by atoms with van der Waals surface area (Å²) in [6.07, 6.45) is 6.09. The molecule has 0 radical (unpaired) electrons. The molecule has 25 heavy (non-hydrogen) atoms. The molecule has 2 aromatic heterocycles. The molecule has 0 saturated carbocycles. The molecule has 4 heterocycles. The molecule has 0 aliphatic carbocycles. The summed E-state index contributed by atoms with van der Waals surface area (Å²) in [5.74, 6) is 0.307. The molecule has 1 spiro atoms. The van der Waals surface area contributed by atoms with Crippen LogP contribution in [0, 0.1) is 5.41 Å². The van der Waals surface area contributed by atoms with E-state index < -0.39 is 0 Å². The average molecular weight is 339 g/mol. The predicted octanol–water partition coefficient (Wildman–Crippen LogP) is 2.44. The highest BCUT2D eigenvalue weighted by Crippen LogP contribution is 2.39. The largest absolute Gasteiger partial charge is 0.459 e. The molecule has 130 valence electrons. The number of hydrogen-bond donors (Lipinski definition) is 0. The number of rotatable bonds is 2. The minimum absolute atomic E-state index is 0.00898. The number of hydrogen-bond acceptors (Lipinski definition) is 4. The number of likely N-dealkylation sites (tertiary alicyclic amines) is 2. The third kappa shape index (κ3) is 3.04. The first-order chi connectivity index (χ1) is 12.2. The van der Waals surface area contributed by atoms with Gasteiger partial charge in [-0.15, -0.1) is 0 Å². The predicted molar refractivity (Wildman–Crippen MR) is 91.0 cm³/mol. The van der Waals surface area contributed by atoms with Gasteiger partial charge in [0, 0.05) is 37.8 Å². The molecule has 1 atom stereocenters. The van der Waals surface area contributed by atoms with Crippen LogP contribution in [0.4, 0.5) is 0 Å². The number of piperidine rings is 1. The van der Waals surface area contributed by atoms with Gasteiger partial charge in [-0.3, -0.25) is 14.6 Å². The Morgan fingerprint density at radius 2 is 1.84 bits per heavy atom. The van der Waals surface area contributed by atoms with Gasteiger partial charge in [-0.05, 0) is 43.5 Å². The first-order valence-corrected chi connectivity index (χ1v) is 8.70. The SMILES string of the molecule is O=C(c1ccccn1)N1CCC2(CCCN(C(=O)c3ccco3)C2)C1. The quantitative estimate of drug-likeness (QED) is 0.843. The lowest BCUT2D eigenvalue weighted by atomic mass is 9.79. The van der Waals surface area contributed by atoms with Crippen LogP contribution >= 0.6 is 0 Å². The molecule has 2 aliphatic heterocycles. The van der Waals surface area contributed by atoms with Crippen LogP contribution in [0.3, 0.4) is 0 Å². The van der Waals surface area contributed by atoms with Crippen molar-refractivity contribution < 1.29 is 14.0 Å². The van der Waals surface area contributed by atoms with E-state index in [0.29, 0.717) is 24.5 Å². The summed E-state index contributed by atoms with van der Waals surface area (Å²) in [6, 6.07) is 8.82. The fourth-order valence-electron chi connectivity index (χ4n) is 4.03. The Morgan fingerprint density at radius 3 is 2.56 bits per heavy atom. The molecule has 1 unspecified atom stereocenters. The second kappa shape index (κ2) is 6.35. The van der Waals surface area contributed by atoms with Crippen molar-refractivity contribution in [3.05, 3.63) is 54.2 Å².